The van der Waals surface area contributed by atoms with Gasteiger partial charge in [0.05, 0.1) is 0 Å². The lowest BCUT2D eigenvalue weighted by molar-refractivity contribution is -0.150. The molecule has 2 unspecified atom stereocenters. The van der Waals surface area contributed by atoms with Crippen LogP contribution < -0.4 is 0 Å². The van der Waals surface area contributed by atoms with Crippen LogP contribution in [0.4, 0.5) is 4.79 Å². The smallest absolute Gasteiger partial charge is 0.410 e. The standard InChI is InChI=1S/C40H59N3O5/c1-30-22-23-40(5,46)36(47-39(45)43-27-25-42(26-28-43)34-17-11-6-7-12-18-34)21-20-33(4)38(48-37(44)29-30)32(3)16-10-8-9-15-31(2)35-19-13-14-24-41-35/h8-10,13-16,19-21,24,30-31,33-34,36,38,46H,6-7,11-12,17-18,22-23,25-29H2,1-5H3/b10-8+,15-9+,21-20+,32-16+/t30?,31-,33+,36+,38?,40-/m1/s1. The molecule has 0 aromatic carbocycles. The zero-order valence-corrected chi connectivity index (χ0v) is 29.9. The third-order valence-electron chi connectivity index (χ3n) is 10.3. The number of pyridine rings is 1. The molecule has 4 rings (SSSR count). The van der Waals surface area contributed by atoms with E-state index in [1.54, 1.807) is 24.1 Å². The van der Waals surface area contributed by atoms with E-state index in [9.17, 15) is 14.7 Å². The monoisotopic (exact) mass is 661 g/mol. The fourth-order valence-electron chi connectivity index (χ4n) is 7.04. The van der Waals surface area contributed by atoms with E-state index in [1.807, 2.05) is 69.4 Å². The zero-order valence-electron chi connectivity index (χ0n) is 29.9. The van der Waals surface area contributed by atoms with E-state index in [-0.39, 0.29) is 36.2 Å². The minimum Gasteiger partial charge on any atom is -0.457 e. The molecule has 2 aliphatic heterocycles. The van der Waals surface area contributed by atoms with Gasteiger partial charge in [-0.15, -0.1) is 0 Å². The van der Waals surface area contributed by atoms with Gasteiger partial charge in [0.15, 0.2) is 6.10 Å². The molecule has 6 atom stereocenters. The second-order valence-corrected chi connectivity index (χ2v) is 14.6. The molecule has 1 aliphatic carbocycles. The van der Waals surface area contributed by atoms with Crippen molar-refractivity contribution in [3.8, 4) is 0 Å². The Bertz CT molecular complexity index is 1270. The van der Waals surface area contributed by atoms with Gasteiger partial charge in [-0.3, -0.25) is 14.7 Å². The van der Waals surface area contributed by atoms with Crippen LogP contribution >= 0.6 is 0 Å². The minimum atomic E-state index is -1.28. The molecule has 1 amide bonds. The Labute approximate surface area is 289 Å². The Hall–Kier alpha value is -3.23. The SMILES string of the molecule is C\C(=C/C=C/C=C/[C@@H](C)c1ccccn1)C1OC(=O)CC(C)CC[C@@](C)(O)[C@@H](OC(=O)N2CCN(C3CCCCCC3)CC2)/C=C/[C@@H]1C. The van der Waals surface area contributed by atoms with Crippen LogP contribution in [0.15, 0.2) is 72.5 Å². The van der Waals surface area contributed by atoms with E-state index in [0.29, 0.717) is 32.0 Å². The van der Waals surface area contributed by atoms with E-state index in [4.69, 9.17) is 9.47 Å². The summed E-state index contributed by atoms with van der Waals surface area (Å²) in [5, 5.41) is 11.6. The second kappa shape index (κ2) is 18.5. The molecule has 1 saturated heterocycles. The zero-order chi connectivity index (χ0) is 34.5. The number of esters is 1. The molecule has 3 aliphatic rings. The number of rotatable bonds is 7. The summed E-state index contributed by atoms with van der Waals surface area (Å²) in [4.78, 5) is 35.2. The predicted octanol–water partition coefficient (Wildman–Crippen LogP) is 7.76. The Morgan fingerprint density at radius 1 is 1.04 bits per heavy atom. The van der Waals surface area contributed by atoms with E-state index in [0.717, 1.165) is 24.4 Å². The maximum Gasteiger partial charge on any atom is 0.410 e. The van der Waals surface area contributed by atoms with Crippen molar-refractivity contribution in [3.63, 3.8) is 0 Å². The van der Waals surface area contributed by atoms with Gasteiger partial charge in [-0.1, -0.05) is 89.0 Å². The first-order valence-electron chi connectivity index (χ1n) is 18.3. The number of carbonyl (C=O) groups excluding carboxylic acids is 2. The van der Waals surface area contributed by atoms with Crippen molar-refractivity contribution in [1.82, 2.24) is 14.8 Å². The molecule has 2 fully saturated rings. The number of aromatic nitrogens is 1. The second-order valence-electron chi connectivity index (χ2n) is 14.6. The molecule has 8 nitrogen and oxygen atoms in total. The molecule has 8 heteroatoms. The number of allylic oxidation sites excluding steroid dienone is 5. The van der Waals surface area contributed by atoms with Crippen molar-refractivity contribution >= 4 is 12.1 Å². The van der Waals surface area contributed by atoms with Crippen LogP contribution in [0.3, 0.4) is 0 Å². The Morgan fingerprint density at radius 3 is 2.46 bits per heavy atom. The number of hydrogen-bond acceptors (Lipinski definition) is 7. The minimum absolute atomic E-state index is 0.00664. The van der Waals surface area contributed by atoms with Gasteiger partial charge >= 0.3 is 12.1 Å². The van der Waals surface area contributed by atoms with E-state index >= 15 is 0 Å². The number of nitrogens with zero attached hydrogens (tertiary/aromatic N) is 3. The van der Waals surface area contributed by atoms with Crippen molar-refractivity contribution in [2.45, 2.75) is 122 Å². The topological polar surface area (TPSA) is 92.2 Å². The average molecular weight is 662 g/mol. The Morgan fingerprint density at radius 2 is 1.77 bits per heavy atom. The maximum atomic E-state index is 13.5. The van der Waals surface area contributed by atoms with Gasteiger partial charge in [0.25, 0.3) is 0 Å². The summed E-state index contributed by atoms with van der Waals surface area (Å²) in [5.74, 6) is -0.268. The molecule has 1 N–H and O–H groups in total. The van der Waals surface area contributed by atoms with Gasteiger partial charge in [-0.2, -0.15) is 0 Å². The van der Waals surface area contributed by atoms with Crippen molar-refractivity contribution < 1.29 is 24.2 Å². The molecule has 3 heterocycles. The number of hydrogen-bond donors (Lipinski definition) is 1. The molecule has 0 radical (unpaired) electrons. The van der Waals surface area contributed by atoms with Crippen LogP contribution in [0.25, 0.3) is 0 Å². The summed E-state index contributed by atoms with van der Waals surface area (Å²) in [5.41, 5.74) is 0.631. The highest BCUT2D eigenvalue weighted by atomic mass is 16.6. The van der Waals surface area contributed by atoms with Crippen molar-refractivity contribution in [2.75, 3.05) is 26.2 Å². The molecule has 1 aromatic rings. The fraction of sp³-hybridized carbons (Fsp3) is 0.625. The average Bonchev–Trinajstić information content (AvgIpc) is 3.37. The molecule has 1 saturated carbocycles. The number of amides is 1. The number of cyclic esters (lactones) is 1. The van der Waals surface area contributed by atoms with E-state index in [1.165, 1.54) is 38.5 Å². The molecule has 0 spiro atoms. The molecule has 0 bridgehead atoms. The summed E-state index contributed by atoms with van der Waals surface area (Å²) in [6.45, 7) is 12.8. The summed E-state index contributed by atoms with van der Waals surface area (Å²) < 4.78 is 12.1. The van der Waals surface area contributed by atoms with Crippen LogP contribution in [0.2, 0.25) is 0 Å². The van der Waals surface area contributed by atoms with E-state index < -0.39 is 17.8 Å². The van der Waals surface area contributed by atoms with Gasteiger partial charge in [-0.25, -0.2) is 4.79 Å². The quantitative estimate of drug-likeness (QED) is 0.138. The molecule has 1 aromatic heterocycles. The number of piperazine rings is 1. The Balaban J connectivity index is 1.43. The van der Waals surface area contributed by atoms with Crippen LogP contribution in [0.1, 0.15) is 104 Å². The highest BCUT2D eigenvalue weighted by Gasteiger charge is 2.37. The third-order valence-corrected chi connectivity index (χ3v) is 10.3. The van der Waals surface area contributed by atoms with Crippen LogP contribution in [-0.4, -0.2) is 82.0 Å². The summed E-state index contributed by atoms with van der Waals surface area (Å²) in [6.07, 6.45) is 22.8. The molecular formula is C40H59N3O5. The van der Waals surface area contributed by atoms with Gasteiger partial charge in [0, 0.05) is 62.4 Å². The molecule has 264 valence electrons. The fourth-order valence-corrected chi connectivity index (χ4v) is 7.04. The van der Waals surface area contributed by atoms with Gasteiger partial charge in [0.1, 0.15) is 11.7 Å². The number of carbonyl (C=O) groups is 2. The van der Waals surface area contributed by atoms with Gasteiger partial charge in [-0.05, 0) is 69.2 Å². The molecule has 48 heavy (non-hydrogen) atoms. The number of ether oxygens (including phenoxy) is 2. The first-order chi connectivity index (χ1) is 23.0. The lowest BCUT2D eigenvalue weighted by Gasteiger charge is -2.40. The van der Waals surface area contributed by atoms with Crippen LogP contribution in [0.5, 0.6) is 0 Å². The third kappa shape index (κ3) is 11.4. The van der Waals surface area contributed by atoms with Gasteiger partial charge in [0.2, 0.25) is 0 Å². The van der Waals surface area contributed by atoms with Crippen LogP contribution in [-0.2, 0) is 14.3 Å². The normalized spacial score (nSPS) is 30.7. The lowest BCUT2D eigenvalue weighted by atomic mass is 9.87. The van der Waals surface area contributed by atoms with Gasteiger partial charge < -0.3 is 19.5 Å². The summed E-state index contributed by atoms with van der Waals surface area (Å²) >= 11 is 0. The van der Waals surface area contributed by atoms with E-state index in [2.05, 4.69) is 22.9 Å². The van der Waals surface area contributed by atoms with Crippen LogP contribution in [0, 0.1) is 11.8 Å². The van der Waals surface area contributed by atoms with Crippen molar-refractivity contribution in [1.29, 1.82) is 0 Å². The first kappa shape index (κ1) is 37.6. The predicted molar refractivity (Wildman–Crippen MR) is 191 cm³/mol. The van der Waals surface area contributed by atoms with Crippen molar-refractivity contribution in [2.24, 2.45) is 11.8 Å². The highest BCUT2D eigenvalue weighted by Crippen LogP contribution is 2.29. The van der Waals surface area contributed by atoms with Crippen molar-refractivity contribution in [3.05, 3.63) is 78.2 Å². The molecular weight excluding hydrogens is 602 g/mol. The summed E-state index contributed by atoms with van der Waals surface area (Å²) in [7, 11) is 0. The number of aliphatic hydroxyl groups is 1. The Kier molecular flexibility index (Phi) is 14.5. The first-order valence-corrected chi connectivity index (χ1v) is 18.3. The maximum absolute atomic E-state index is 13.5. The lowest BCUT2D eigenvalue weighted by Crippen LogP contribution is -2.53. The summed E-state index contributed by atoms with van der Waals surface area (Å²) in [6, 6.07) is 6.54. The highest BCUT2D eigenvalue weighted by molar-refractivity contribution is 5.70. The largest absolute Gasteiger partial charge is 0.457 e.